The largest absolute Gasteiger partial charge is 0.377 e. The zero-order chi connectivity index (χ0) is 13.7. The number of nitrogens with one attached hydrogen (secondary N) is 1. The Bertz CT molecular complexity index is 257. The van der Waals surface area contributed by atoms with E-state index < -0.39 is 0 Å². The van der Waals surface area contributed by atoms with Crippen LogP contribution in [0, 0.1) is 5.41 Å². The van der Waals surface area contributed by atoms with Crippen LogP contribution in [0.15, 0.2) is 0 Å². The summed E-state index contributed by atoms with van der Waals surface area (Å²) in [6.45, 7) is 8.60. The quantitative estimate of drug-likeness (QED) is 0.696. The molecule has 0 spiro atoms. The molecule has 0 radical (unpaired) electrons. The molecule has 19 heavy (non-hydrogen) atoms. The van der Waals surface area contributed by atoms with E-state index in [1.54, 1.807) is 0 Å². The van der Waals surface area contributed by atoms with Crippen LogP contribution in [0.25, 0.3) is 0 Å². The summed E-state index contributed by atoms with van der Waals surface area (Å²) in [5.74, 6) is 0. The minimum Gasteiger partial charge on any atom is -0.377 e. The maximum atomic E-state index is 5.66. The van der Waals surface area contributed by atoms with Crippen LogP contribution in [0.1, 0.15) is 52.4 Å². The number of hydrogen-bond acceptors (Lipinski definition) is 3. The number of hydrogen-bond donors (Lipinski definition) is 1. The zero-order valence-corrected chi connectivity index (χ0v) is 13.1. The molecule has 3 heteroatoms. The molecule has 2 aliphatic carbocycles. The lowest BCUT2D eigenvalue weighted by atomic mass is 9.85. The maximum absolute atomic E-state index is 5.66. The summed E-state index contributed by atoms with van der Waals surface area (Å²) < 4.78 is 5.66. The number of likely N-dealkylation sites (N-methyl/N-ethyl adjacent to an activating group) is 1. The van der Waals surface area contributed by atoms with E-state index in [0.717, 1.165) is 19.2 Å². The molecule has 2 aliphatic rings. The van der Waals surface area contributed by atoms with Gasteiger partial charge in [0.1, 0.15) is 0 Å². The summed E-state index contributed by atoms with van der Waals surface area (Å²) in [4.78, 5) is 2.47. The van der Waals surface area contributed by atoms with Crippen molar-refractivity contribution in [3.05, 3.63) is 0 Å². The van der Waals surface area contributed by atoms with Crippen LogP contribution < -0.4 is 5.32 Å². The third-order valence-corrected chi connectivity index (χ3v) is 4.54. The summed E-state index contributed by atoms with van der Waals surface area (Å²) in [6, 6.07) is 0.840. The number of rotatable bonds is 9. The SMILES string of the molecule is CC(C)OCCN(C)CC1(CNC2CC2)CCCC1. The molecule has 0 heterocycles. The van der Waals surface area contributed by atoms with Crippen molar-refractivity contribution in [3.63, 3.8) is 0 Å². The van der Waals surface area contributed by atoms with Gasteiger partial charge in [-0.25, -0.2) is 0 Å². The predicted molar refractivity (Wildman–Crippen MR) is 80.5 cm³/mol. The topological polar surface area (TPSA) is 24.5 Å². The van der Waals surface area contributed by atoms with Gasteiger partial charge >= 0.3 is 0 Å². The van der Waals surface area contributed by atoms with Crippen molar-refractivity contribution in [1.29, 1.82) is 0 Å². The normalized spacial score (nSPS) is 22.6. The van der Waals surface area contributed by atoms with E-state index in [2.05, 4.69) is 31.1 Å². The molecule has 0 amide bonds. The molecule has 0 bridgehead atoms. The van der Waals surface area contributed by atoms with E-state index in [1.165, 1.54) is 51.6 Å². The highest BCUT2D eigenvalue weighted by molar-refractivity contribution is 4.92. The fourth-order valence-corrected chi connectivity index (χ4v) is 3.26. The molecule has 0 atom stereocenters. The Balaban J connectivity index is 1.71. The van der Waals surface area contributed by atoms with Gasteiger partial charge in [0.15, 0.2) is 0 Å². The van der Waals surface area contributed by atoms with Crippen molar-refractivity contribution in [3.8, 4) is 0 Å². The van der Waals surface area contributed by atoms with Gasteiger partial charge in [0, 0.05) is 25.7 Å². The third kappa shape index (κ3) is 5.41. The second-order valence-corrected chi connectivity index (χ2v) is 7.02. The average molecular weight is 268 g/mol. The van der Waals surface area contributed by atoms with Gasteiger partial charge in [0.05, 0.1) is 12.7 Å². The van der Waals surface area contributed by atoms with Gasteiger partial charge in [-0.3, -0.25) is 0 Å². The van der Waals surface area contributed by atoms with E-state index in [1.807, 2.05) is 0 Å². The molecule has 0 saturated heterocycles. The van der Waals surface area contributed by atoms with E-state index in [4.69, 9.17) is 4.74 Å². The van der Waals surface area contributed by atoms with Crippen molar-refractivity contribution < 1.29 is 4.74 Å². The highest BCUT2D eigenvalue weighted by Crippen LogP contribution is 2.38. The fraction of sp³-hybridized carbons (Fsp3) is 1.00. The summed E-state index contributed by atoms with van der Waals surface area (Å²) in [6.07, 6.45) is 8.79. The van der Waals surface area contributed by atoms with Crippen LogP contribution in [0.2, 0.25) is 0 Å². The second-order valence-electron chi connectivity index (χ2n) is 7.02. The molecular formula is C16H32N2O. The highest BCUT2D eigenvalue weighted by Gasteiger charge is 2.36. The first-order chi connectivity index (χ1) is 9.10. The summed E-state index contributed by atoms with van der Waals surface area (Å²) in [5, 5.41) is 3.76. The summed E-state index contributed by atoms with van der Waals surface area (Å²) >= 11 is 0. The Morgan fingerprint density at radius 3 is 2.53 bits per heavy atom. The zero-order valence-electron chi connectivity index (χ0n) is 13.1. The van der Waals surface area contributed by atoms with Crippen molar-refractivity contribution in [1.82, 2.24) is 10.2 Å². The van der Waals surface area contributed by atoms with Crippen molar-refractivity contribution >= 4 is 0 Å². The Morgan fingerprint density at radius 2 is 1.95 bits per heavy atom. The van der Waals surface area contributed by atoms with Crippen molar-refractivity contribution in [2.45, 2.75) is 64.5 Å². The molecule has 0 aromatic carbocycles. The van der Waals surface area contributed by atoms with Crippen LogP contribution >= 0.6 is 0 Å². The number of nitrogens with zero attached hydrogens (tertiary/aromatic N) is 1. The average Bonchev–Trinajstić information content (AvgIpc) is 3.07. The molecule has 2 rings (SSSR count). The van der Waals surface area contributed by atoms with E-state index in [-0.39, 0.29) is 0 Å². The van der Waals surface area contributed by atoms with Crippen LogP contribution in [0.3, 0.4) is 0 Å². The van der Waals surface area contributed by atoms with Crippen molar-refractivity contribution in [2.24, 2.45) is 5.41 Å². The van der Waals surface area contributed by atoms with Crippen LogP contribution in [-0.4, -0.2) is 50.3 Å². The van der Waals surface area contributed by atoms with Gasteiger partial charge in [-0.05, 0) is 52.0 Å². The molecule has 1 N–H and O–H groups in total. The molecule has 0 unspecified atom stereocenters. The summed E-state index contributed by atoms with van der Waals surface area (Å²) in [7, 11) is 2.25. The summed E-state index contributed by atoms with van der Waals surface area (Å²) in [5.41, 5.74) is 0.537. The Labute approximate surface area is 119 Å². The first-order valence-electron chi connectivity index (χ1n) is 8.13. The molecule has 0 aliphatic heterocycles. The van der Waals surface area contributed by atoms with Crippen LogP contribution in [-0.2, 0) is 4.74 Å². The van der Waals surface area contributed by atoms with E-state index in [9.17, 15) is 0 Å². The van der Waals surface area contributed by atoms with Crippen molar-refractivity contribution in [2.75, 3.05) is 33.3 Å². The highest BCUT2D eigenvalue weighted by atomic mass is 16.5. The Hall–Kier alpha value is -0.120. The van der Waals surface area contributed by atoms with Crippen LogP contribution in [0.5, 0.6) is 0 Å². The molecule has 0 aromatic rings. The first kappa shape index (κ1) is 15.3. The van der Waals surface area contributed by atoms with Gasteiger partial charge < -0.3 is 15.0 Å². The molecular weight excluding hydrogens is 236 g/mol. The minimum absolute atomic E-state index is 0.352. The lowest BCUT2D eigenvalue weighted by Crippen LogP contribution is -2.42. The Morgan fingerprint density at radius 1 is 1.26 bits per heavy atom. The molecule has 112 valence electrons. The van der Waals surface area contributed by atoms with Gasteiger partial charge in [-0.15, -0.1) is 0 Å². The molecule has 2 saturated carbocycles. The maximum Gasteiger partial charge on any atom is 0.0596 e. The predicted octanol–water partition coefficient (Wildman–Crippen LogP) is 2.66. The second kappa shape index (κ2) is 7.05. The lowest BCUT2D eigenvalue weighted by Gasteiger charge is -2.34. The molecule has 0 aromatic heterocycles. The minimum atomic E-state index is 0.352. The third-order valence-electron chi connectivity index (χ3n) is 4.54. The van der Waals surface area contributed by atoms with Gasteiger partial charge in [-0.1, -0.05) is 12.8 Å². The van der Waals surface area contributed by atoms with Gasteiger partial charge in [0.2, 0.25) is 0 Å². The molecule has 3 nitrogen and oxygen atoms in total. The van der Waals surface area contributed by atoms with Crippen LogP contribution in [0.4, 0.5) is 0 Å². The standard InChI is InChI=1S/C16H32N2O/c1-14(2)19-11-10-18(3)13-16(8-4-5-9-16)12-17-15-6-7-15/h14-15,17H,4-13H2,1-3H3. The van der Waals surface area contributed by atoms with Gasteiger partial charge in [-0.2, -0.15) is 0 Å². The number of ether oxygens (including phenoxy) is 1. The Kier molecular flexibility index (Phi) is 5.67. The lowest BCUT2D eigenvalue weighted by molar-refractivity contribution is 0.0544. The van der Waals surface area contributed by atoms with E-state index in [0.29, 0.717) is 11.5 Å². The smallest absolute Gasteiger partial charge is 0.0596 e. The monoisotopic (exact) mass is 268 g/mol. The van der Waals surface area contributed by atoms with E-state index >= 15 is 0 Å². The first-order valence-corrected chi connectivity index (χ1v) is 8.13. The van der Waals surface area contributed by atoms with Gasteiger partial charge in [0.25, 0.3) is 0 Å². The molecule has 2 fully saturated rings. The fourth-order valence-electron chi connectivity index (χ4n) is 3.26.